The zero-order valence-corrected chi connectivity index (χ0v) is 10.2. The highest BCUT2D eigenvalue weighted by molar-refractivity contribution is 5.97. The summed E-state index contributed by atoms with van der Waals surface area (Å²) < 4.78 is 25.5. The van der Waals surface area contributed by atoms with Crippen molar-refractivity contribution in [1.82, 2.24) is 15.1 Å². The van der Waals surface area contributed by atoms with Crippen LogP contribution in [-0.2, 0) is 6.54 Å². The fourth-order valence-corrected chi connectivity index (χ4v) is 1.43. The summed E-state index contributed by atoms with van der Waals surface area (Å²) in [5, 5.41) is 15.1. The maximum absolute atomic E-state index is 12.1. The number of anilines is 1. The zero-order chi connectivity index (χ0) is 13.9. The molecular weight excluding hydrogens is 246 g/mol. The minimum absolute atomic E-state index is 0.122. The lowest BCUT2D eigenvalue weighted by Crippen LogP contribution is -2.37. The van der Waals surface area contributed by atoms with Gasteiger partial charge in [0.2, 0.25) is 0 Å². The Hall–Kier alpha value is -1.70. The van der Waals surface area contributed by atoms with Gasteiger partial charge in [-0.25, -0.2) is 8.78 Å². The molecule has 1 atom stereocenters. The summed E-state index contributed by atoms with van der Waals surface area (Å²) in [6, 6.07) is 0. The molecule has 0 spiro atoms. The molecule has 0 fully saturated rings. The van der Waals surface area contributed by atoms with Crippen LogP contribution in [0.4, 0.5) is 14.5 Å². The average Bonchev–Trinajstić information content (AvgIpc) is 2.61. The zero-order valence-electron chi connectivity index (χ0n) is 10.2. The van der Waals surface area contributed by atoms with Crippen LogP contribution in [0.3, 0.4) is 0 Å². The lowest BCUT2D eigenvalue weighted by Gasteiger charge is -2.11. The van der Waals surface area contributed by atoms with Gasteiger partial charge in [0.25, 0.3) is 12.3 Å². The number of amides is 1. The van der Waals surface area contributed by atoms with Crippen LogP contribution in [-0.4, -0.2) is 39.9 Å². The molecule has 102 valence electrons. The molecule has 0 aromatic carbocycles. The van der Waals surface area contributed by atoms with Gasteiger partial charge in [0.05, 0.1) is 11.4 Å². The third-order valence-corrected chi connectivity index (χ3v) is 2.45. The van der Waals surface area contributed by atoms with Gasteiger partial charge in [-0.15, -0.1) is 0 Å². The molecule has 1 aromatic rings. The lowest BCUT2D eigenvalue weighted by molar-refractivity contribution is -0.00274. The second-order valence-corrected chi connectivity index (χ2v) is 3.78. The van der Waals surface area contributed by atoms with Crippen LogP contribution in [0, 0.1) is 6.92 Å². The molecule has 1 aromatic heterocycles. The first-order valence-electron chi connectivity index (χ1n) is 5.45. The first kappa shape index (κ1) is 14.4. The molecule has 1 amide bonds. The molecule has 1 rings (SSSR count). The first-order chi connectivity index (χ1) is 8.38. The fraction of sp³-hybridized carbons (Fsp3) is 0.600. The number of carbonyl (C=O) groups is 1. The number of hydrogen-bond acceptors (Lipinski definition) is 4. The van der Waals surface area contributed by atoms with E-state index in [2.05, 4.69) is 10.4 Å². The van der Waals surface area contributed by atoms with E-state index in [0.29, 0.717) is 12.2 Å². The summed E-state index contributed by atoms with van der Waals surface area (Å²) in [4.78, 5) is 11.8. The molecule has 8 heteroatoms. The van der Waals surface area contributed by atoms with Crippen LogP contribution in [0.1, 0.15) is 23.1 Å². The van der Waals surface area contributed by atoms with Crippen LogP contribution in [0.25, 0.3) is 0 Å². The van der Waals surface area contributed by atoms with E-state index in [0.717, 1.165) is 0 Å². The van der Waals surface area contributed by atoms with Gasteiger partial charge in [0.15, 0.2) is 0 Å². The minimum Gasteiger partial charge on any atom is -0.395 e. The van der Waals surface area contributed by atoms with Crippen LogP contribution in [0.2, 0.25) is 0 Å². The number of rotatable bonds is 5. The van der Waals surface area contributed by atoms with Gasteiger partial charge in [-0.1, -0.05) is 0 Å². The van der Waals surface area contributed by atoms with Crippen LogP contribution in [0.15, 0.2) is 0 Å². The molecule has 1 heterocycles. The lowest BCUT2D eigenvalue weighted by atomic mass is 10.2. The topological polar surface area (TPSA) is 93.2 Å². The third kappa shape index (κ3) is 2.95. The van der Waals surface area contributed by atoms with Crippen molar-refractivity contribution in [3.8, 4) is 0 Å². The van der Waals surface area contributed by atoms with Gasteiger partial charge >= 0.3 is 0 Å². The number of halogens is 2. The van der Waals surface area contributed by atoms with Crippen molar-refractivity contribution < 1.29 is 18.7 Å². The summed E-state index contributed by atoms with van der Waals surface area (Å²) in [5.74, 6) is -0.630. The van der Waals surface area contributed by atoms with Crippen molar-refractivity contribution in [2.75, 3.05) is 12.3 Å². The summed E-state index contributed by atoms with van der Waals surface area (Å²) in [6.07, 6.45) is -4.80. The van der Waals surface area contributed by atoms with E-state index < -0.39 is 25.0 Å². The number of aryl methyl sites for hydroxylation is 2. The van der Waals surface area contributed by atoms with E-state index in [-0.39, 0.29) is 11.4 Å². The number of carbonyl (C=O) groups excluding carboxylic acids is 1. The van der Waals surface area contributed by atoms with E-state index in [9.17, 15) is 13.6 Å². The second-order valence-electron chi connectivity index (χ2n) is 3.78. The summed E-state index contributed by atoms with van der Waals surface area (Å²) >= 11 is 0. The van der Waals surface area contributed by atoms with Crippen LogP contribution >= 0.6 is 0 Å². The van der Waals surface area contributed by atoms with Crippen molar-refractivity contribution >= 4 is 11.6 Å². The Balaban J connectivity index is 2.78. The number of nitrogens with zero attached hydrogens (tertiary/aromatic N) is 2. The number of nitrogens with two attached hydrogens (primary N) is 1. The third-order valence-electron chi connectivity index (χ3n) is 2.45. The molecule has 0 radical (unpaired) electrons. The number of aromatic nitrogens is 2. The Labute approximate surface area is 103 Å². The number of aliphatic hydroxyl groups excluding tert-OH is 1. The quantitative estimate of drug-likeness (QED) is 0.704. The maximum atomic E-state index is 12.1. The number of aliphatic hydroxyl groups is 1. The molecule has 0 saturated heterocycles. The molecule has 4 N–H and O–H groups in total. The van der Waals surface area contributed by atoms with E-state index in [1.165, 1.54) is 4.68 Å². The molecule has 0 aliphatic rings. The molecule has 0 saturated carbocycles. The maximum Gasteiger partial charge on any atom is 0.271 e. The molecule has 1 unspecified atom stereocenters. The Morgan fingerprint density at radius 2 is 2.22 bits per heavy atom. The first-order valence-corrected chi connectivity index (χ1v) is 5.45. The number of alkyl halides is 2. The van der Waals surface area contributed by atoms with Gasteiger partial charge in [0, 0.05) is 13.1 Å². The van der Waals surface area contributed by atoms with E-state index in [1.807, 2.05) is 0 Å². The van der Waals surface area contributed by atoms with Gasteiger partial charge in [-0.05, 0) is 13.8 Å². The molecular formula is C10H16F2N4O2. The van der Waals surface area contributed by atoms with Gasteiger partial charge in [-0.2, -0.15) is 5.10 Å². The minimum atomic E-state index is -2.90. The number of hydrogen-bond donors (Lipinski definition) is 3. The smallest absolute Gasteiger partial charge is 0.271 e. The Morgan fingerprint density at radius 1 is 1.61 bits per heavy atom. The van der Waals surface area contributed by atoms with Crippen molar-refractivity contribution in [3.05, 3.63) is 11.4 Å². The second kappa shape index (κ2) is 5.76. The Kier molecular flexibility index (Phi) is 4.60. The predicted molar refractivity (Wildman–Crippen MR) is 61.4 cm³/mol. The number of nitrogens with one attached hydrogen (secondary N) is 1. The van der Waals surface area contributed by atoms with Crippen LogP contribution < -0.4 is 11.1 Å². The Bertz CT molecular complexity index is 434. The highest BCUT2D eigenvalue weighted by Gasteiger charge is 2.22. The Morgan fingerprint density at radius 3 is 2.72 bits per heavy atom. The highest BCUT2D eigenvalue weighted by Crippen LogP contribution is 2.16. The SMILES string of the molecule is CCn1nc(C)c(N)c1C(=O)NCC(O)C(F)F. The van der Waals surface area contributed by atoms with Gasteiger partial charge in [-0.3, -0.25) is 9.48 Å². The fourth-order valence-electron chi connectivity index (χ4n) is 1.43. The summed E-state index contributed by atoms with van der Waals surface area (Å²) in [6.45, 7) is 3.31. The van der Waals surface area contributed by atoms with Crippen molar-refractivity contribution in [2.45, 2.75) is 32.9 Å². The van der Waals surface area contributed by atoms with E-state index >= 15 is 0 Å². The molecule has 0 bridgehead atoms. The summed E-state index contributed by atoms with van der Waals surface area (Å²) in [7, 11) is 0. The average molecular weight is 262 g/mol. The molecule has 0 aliphatic heterocycles. The van der Waals surface area contributed by atoms with Crippen molar-refractivity contribution in [3.63, 3.8) is 0 Å². The monoisotopic (exact) mass is 262 g/mol. The van der Waals surface area contributed by atoms with E-state index in [1.54, 1.807) is 13.8 Å². The van der Waals surface area contributed by atoms with Gasteiger partial charge < -0.3 is 16.2 Å². The largest absolute Gasteiger partial charge is 0.395 e. The van der Waals surface area contributed by atoms with Crippen molar-refractivity contribution in [1.29, 1.82) is 0 Å². The number of nitrogen functional groups attached to an aromatic ring is 1. The van der Waals surface area contributed by atoms with Gasteiger partial charge in [0.1, 0.15) is 11.8 Å². The predicted octanol–water partition coefficient (Wildman–Crippen LogP) is 0.149. The normalized spacial score (nSPS) is 12.8. The molecule has 0 aliphatic carbocycles. The standard InChI is InChI=1S/C10H16F2N4O2/c1-3-16-8(7(13)5(2)15-16)10(18)14-4-6(17)9(11)12/h6,9,17H,3-4,13H2,1-2H3,(H,14,18). The highest BCUT2D eigenvalue weighted by atomic mass is 19.3. The van der Waals surface area contributed by atoms with Crippen molar-refractivity contribution in [2.24, 2.45) is 0 Å². The molecule has 6 nitrogen and oxygen atoms in total. The van der Waals surface area contributed by atoms with E-state index in [4.69, 9.17) is 10.8 Å². The molecule has 18 heavy (non-hydrogen) atoms. The van der Waals surface area contributed by atoms with Crippen LogP contribution in [0.5, 0.6) is 0 Å². The summed E-state index contributed by atoms with van der Waals surface area (Å²) in [5.41, 5.74) is 6.52.